The van der Waals surface area contributed by atoms with E-state index in [9.17, 15) is 19.8 Å². The standard InChI is InChI=1S/C15H22N2O5/c1-22-15(21)13-11(19)7-9(8-17)12(14(13)20)10(18)5-3-2-4-6-16/h7,19-20H,2-6,8,16-17H2,1H3. The molecule has 0 aromatic heterocycles. The van der Waals surface area contributed by atoms with Crippen molar-refractivity contribution in [1.82, 2.24) is 0 Å². The third-order valence-electron chi connectivity index (χ3n) is 3.36. The van der Waals surface area contributed by atoms with Gasteiger partial charge in [0.05, 0.1) is 12.7 Å². The molecule has 7 nitrogen and oxygen atoms in total. The number of esters is 1. The number of hydrogen-bond acceptors (Lipinski definition) is 7. The van der Waals surface area contributed by atoms with Gasteiger partial charge in [0.2, 0.25) is 0 Å². The van der Waals surface area contributed by atoms with Gasteiger partial charge in [-0.2, -0.15) is 0 Å². The molecular formula is C15H22N2O5. The van der Waals surface area contributed by atoms with E-state index in [0.717, 1.165) is 20.0 Å². The minimum absolute atomic E-state index is 0.0338. The molecule has 0 aliphatic rings. The van der Waals surface area contributed by atoms with Crippen LogP contribution in [0.5, 0.6) is 11.5 Å². The second-order valence-electron chi connectivity index (χ2n) is 4.87. The van der Waals surface area contributed by atoms with E-state index in [1.807, 2.05) is 0 Å². The number of carbonyl (C=O) groups is 2. The monoisotopic (exact) mass is 310 g/mol. The molecule has 1 aromatic carbocycles. The maximum atomic E-state index is 12.3. The van der Waals surface area contributed by atoms with E-state index >= 15 is 0 Å². The van der Waals surface area contributed by atoms with Crippen LogP contribution in [0.3, 0.4) is 0 Å². The van der Waals surface area contributed by atoms with Gasteiger partial charge in [-0.3, -0.25) is 4.79 Å². The van der Waals surface area contributed by atoms with Crippen molar-refractivity contribution < 1.29 is 24.5 Å². The maximum absolute atomic E-state index is 12.3. The SMILES string of the molecule is COC(=O)c1c(O)cc(CN)c(C(=O)CCCCCN)c1O. The lowest BCUT2D eigenvalue weighted by Crippen LogP contribution is -2.12. The molecule has 0 saturated carbocycles. The molecule has 0 aliphatic carbocycles. The zero-order chi connectivity index (χ0) is 16.7. The Labute approximate surface area is 128 Å². The molecule has 6 N–H and O–H groups in total. The summed E-state index contributed by atoms with van der Waals surface area (Å²) in [5.74, 6) is -2.31. The number of rotatable bonds is 8. The fourth-order valence-corrected chi connectivity index (χ4v) is 2.21. The molecule has 0 fully saturated rings. The molecule has 7 heteroatoms. The van der Waals surface area contributed by atoms with E-state index < -0.39 is 23.0 Å². The third-order valence-corrected chi connectivity index (χ3v) is 3.36. The van der Waals surface area contributed by atoms with Crippen molar-refractivity contribution in [1.29, 1.82) is 0 Å². The first-order chi connectivity index (χ1) is 10.5. The first kappa shape index (κ1) is 17.9. The van der Waals surface area contributed by atoms with Crippen LogP contribution in [0.4, 0.5) is 0 Å². The Morgan fingerprint density at radius 1 is 1.14 bits per heavy atom. The van der Waals surface area contributed by atoms with Gasteiger partial charge in [0.1, 0.15) is 17.1 Å². The summed E-state index contributed by atoms with van der Waals surface area (Å²) < 4.78 is 4.50. The van der Waals surface area contributed by atoms with Crippen molar-refractivity contribution in [2.75, 3.05) is 13.7 Å². The molecule has 1 aromatic rings. The maximum Gasteiger partial charge on any atom is 0.345 e. The summed E-state index contributed by atoms with van der Waals surface area (Å²) in [6, 6.07) is 1.21. The van der Waals surface area contributed by atoms with Crippen LogP contribution in [0.1, 0.15) is 52.0 Å². The first-order valence-electron chi connectivity index (χ1n) is 7.07. The van der Waals surface area contributed by atoms with E-state index in [1.165, 1.54) is 6.07 Å². The second kappa shape index (κ2) is 8.35. The lowest BCUT2D eigenvalue weighted by molar-refractivity contribution is 0.0594. The van der Waals surface area contributed by atoms with Gasteiger partial charge in [-0.1, -0.05) is 6.42 Å². The Balaban J connectivity index is 3.16. The number of benzene rings is 1. The highest BCUT2D eigenvalue weighted by molar-refractivity contribution is 6.05. The zero-order valence-corrected chi connectivity index (χ0v) is 12.6. The Morgan fingerprint density at radius 2 is 1.82 bits per heavy atom. The van der Waals surface area contributed by atoms with Crippen molar-refractivity contribution in [3.05, 3.63) is 22.8 Å². The minimum atomic E-state index is -0.921. The normalized spacial score (nSPS) is 10.5. The minimum Gasteiger partial charge on any atom is -0.507 e. The van der Waals surface area contributed by atoms with Crippen LogP contribution in [0.2, 0.25) is 0 Å². The summed E-state index contributed by atoms with van der Waals surface area (Å²) in [4.78, 5) is 23.9. The predicted octanol–water partition coefficient (Wildman–Crippen LogP) is 1.04. The van der Waals surface area contributed by atoms with Crippen LogP contribution in [-0.4, -0.2) is 35.6 Å². The highest BCUT2D eigenvalue weighted by Crippen LogP contribution is 2.35. The Hall–Kier alpha value is -2.12. The molecule has 122 valence electrons. The van der Waals surface area contributed by atoms with Crippen LogP contribution in [0.25, 0.3) is 0 Å². The molecule has 1 rings (SSSR count). The number of ketones is 1. The van der Waals surface area contributed by atoms with Crippen LogP contribution in [-0.2, 0) is 11.3 Å². The average Bonchev–Trinajstić information content (AvgIpc) is 2.50. The molecule has 0 spiro atoms. The van der Waals surface area contributed by atoms with Crippen molar-refractivity contribution in [3.63, 3.8) is 0 Å². The van der Waals surface area contributed by atoms with Crippen molar-refractivity contribution in [2.24, 2.45) is 11.5 Å². The number of ether oxygens (including phenoxy) is 1. The van der Waals surface area contributed by atoms with Gasteiger partial charge < -0.3 is 26.4 Å². The van der Waals surface area contributed by atoms with Gasteiger partial charge >= 0.3 is 5.97 Å². The molecule has 0 aliphatic heterocycles. The number of nitrogens with two attached hydrogens (primary N) is 2. The van der Waals surface area contributed by atoms with Crippen LogP contribution < -0.4 is 11.5 Å². The number of phenols is 2. The van der Waals surface area contributed by atoms with Crippen LogP contribution in [0, 0.1) is 0 Å². The average molecular weight is 310 g/mol. The highest BCUT2D eigenvalue weighted by atomic mass is 16.5. The molecule has 0 unspecified atom stereocenters. The third kappa shape index (κ3) is 3.96. The summed E-state index contributed by atoms with van der Waals surface area (Å²) in [5, 5.41) is 20.0. The smallest absolute Gasteiger partial charge is 0.345 e. The highest BCUT2D eigenvalue weighted by Gasteiger charge is 2.26. The van der Waals surface area contributed by atoms with Crippen LogP contribution >= 0.6 is 0 Å². The second-order valence-corrected chi connectivity index (χ2v) is 4.87. The molecule has 0 radical (unpaired) electrons. The molecule has 22 heavy (non-hydrogen) atoms. The number of hydrogen-bond donors (Lipinski definition) is 4. The summed E-state index contributed by atoms with van der Waals surface area (Å²) in [5.41, 5.74) is 10.8. The summed E-state index contributed by atoms with van der Waals surface area (Å²) in [7, 11) is 1.12. The van der Waals surface area contributed by atoms with E-state index in [0.29, 0.717) is 13.0 Å². The number of phenolic OH excluding ortho intramolecular Hbond substituents is 2. The molecule has 0 atom stereocenters. The van der Waals surface area contributed by atoms with E-state index in [-0.39, 0.29) is 29.9 Å². The number of methoxy groups -OCH3 is 1. The molecule has 0 bridgehead atoms. The van der Waals surface area contributed by atoms with Gasteiger partial charge in [0.25, 0.3) is 0 Å². The van der Waals surface area contributed by atoms with Crippen molar-refractivity contribution in [2.45, 2.75) is 32.2 Å². The van der Waals surface area contributed by atoms with Crippen LogP contribution in [0.15, 0.2) is 6.07 Å². The molecular weight excluding hydrogens is 288 g/mol. The van der Waals surface area contributed by atoms with E-state index in [1.54, 1.807) is 0 Å². The number of unbranched alkanes of at least 4 members (excludes halogenated alkanes) is 2. The van der Waals surface area contributed by atoms with Gasteiger partial charge in [-0.25, -0.2) is 4.79 Å². The number of carbonyl (C=O) groups excluding carboxylic acids is 2. The number of aromatic hydroxyl groups is 2. The summed E-state index contributed by atoms with van der Waals surface area (Å²) in [6.07, 6.45) is 2.43. The van der Waals surface area contributed by atoms with Gasteiger partial charge in [-0.05, 0) is 31.0 Å². The topological polar surface area (TPSA) is 136 Å². The van der Waals surface area contributed by atoms with Crippen molar-refractivity contribution in [3.8, 4) is 11.5 Å². The summed E-state index contributed by atoms with van der Waals surface area (Å²) in [6.45, 7) is 0.506. The van der Waals surface area contributed by atoms with Crippen molar-refractivity contribution >= 4 is 11.8 Å². The molecule has 0 heterocycles. The quantitative estimate of drug-likeness (QED) is 0.320. The molecule has 0 amide bonds. The van der Waals surface area contributed by atoms with Gasteiger partial charge in [0, 0.05) is 13.0 Å². The van der Waals surface area contributed by atoms with Gasteiger partial charge in [-0.15, -0.1) is 0 Å². The Kier molecular flexibility index (Phi) is 6.81. The largest absolute Gasteiger partial charge is 0.507 e. The summed E-state index contributed by atoms with van der Waals surface area (Å²) >= 11 is 0. The number of Topliss-reactive ketones (excluding diaryl/α,β-unsaturated/α-hetero) is 1. The van der Waals surface area contributed by atoms with Gasteiger partial charge in [0.15, 0.2) is 5.78 Å². The first-order valence-corrected chi connectivity index (χ1v) is 7.07. The lowest BCUT2D eigenvalue weighted by Gasteiger charge is -2.14. The fraction of sp³-hybridized carbons (Fsp3) is 0.467. The predicted molar refractivity (Wildman–Crippen MR) is 80.9 cm³/mol. The molecule has 0 saturated heterocycles. The van der Waals surface area contributed by atoms with E-state index in [2.05, 4.69) is 4.74 Å². The zero-order valence-electron chi connectivity index (χ0n) is 12.6. The Morgan fingerprint density at radius 3 is 2.36 bits per heavy atom. The lowest BCUT2D eigenvalue weighted by atomic mass is 9.95. The van der Waals surface area contributed by atoms with E-state index in [4.69, 9.17) is 11.5 Å². The fourth-order valence-electron chi connectivity index (χ4n) is 2.21. The Bertz CT molecular complexity index is 557.